The monoisotopic (exact) mass is 809 g/mol. The van der Waals surface area contributed by atoms with Crippen LogP contribution in [-0.2, 0) is 40.2 Å². The van der Waals surface area contributed by atoms with E-state index in [-0.39, 0.29) is 49.7 Å². The van der Waals surface area contributed by atoms with E-state index < -0.39 is 40.2 Å². The van der Waals surface area contributed by atoms with Crippen molar-refractivity contribution in [2.24, 2.45) is 7.05 Å². The van der Waals surface area contributed by atoms with Gasteiger partial charge in [-0.15, -0.1) is 12.8 Å². The summed E-state index contributed by atoms with van der Waals surface area (Å²) in [6.07, 6.45) is 10.2. The number of nitrogens with one attached hydrogen (secondary N) is 1. The van der Waals surface area contributed by atoms with Crippen molar-refractivity contribution < 1.29 is 41.2 Å². The highest BCUT2D eigenvalue weighted by Gasteiger charge is 2.43. The van der Waals surface area contributed by atoms with Crippen LogP contribution >= 0.6 is 0 Å². The Kier molecular flexibility index (Phi) is 14.1. The Bertz CT molecular complexity index is 2180. The molecule has 1 aliphatic carbocycles. The minimum atomic E-state index is -4.89. The fraction of sp³-hybridized carbons (Fsp3) is 0.452. The summed E-state index contributed by atoms with van der Waals surface area (Å²) in [6, 6.07) is 11.1. The second-order valence-corrected chi connectivity index (χ2v) is 16.1. The van der Waals surface area contributed by atoms with Crippen LogP contribution in [-0.4, -0.2) is 88.2 Å². The van der Waals surface area contributed by atoms with Crippen LogP contribution in [0.15, 0.2) is 36.4 Å². The van der Waals surface area contributed by atoms with Crippen LogP contribution < -0.4 is 9.46 Å². The van der Waals surface area contributed by atoms with Gasteiger partial charge in [0.15, 0.2) is 5.69 Å². The van der Waals surface area contributed by atoms with Crippen molar-refractivity contribution in [1.82, 2.24) is 24.0 Å². The molecule has 2 aromatic carbocycles. The fourth-order valence-corrected chi connectivity index (χ4v) is 8.35. The van der Waals surface area contributed by atoms with Crippen molar-refractivity contribution in [2.75, 3.05) is 47.6 Å². The Morgan fingerprint density at radius 1 is 1.00 bits per heavy atom. The van der Waals surface area contributed by atoms with Gasteiger partial charge in [-0.25, -0.2) is 4.21 Å². The number of nitrogens with zero attached hydrogens (tertiary/aromatic N) is 4. The van der Waals surface area contributed by atoms with E-state index in [0.29, 0.717) is 22.4 Å². The van der Waals surface area contributed by atoms with Gasteiger partial charge >= 0.3 is 6.18 Å². The summed E-state index contributed by atoms with van der Waals surface area (Å²) < 4.78 is 77.8. The minimum absolute atomic E-state index is 0.0627. The second kappa shape index (κ2) is 18.6. The van der Waals surface area contributed by atoms with Crippen LogP contribution in [0.1, 0.15) is 95.1 Å². The first-order valence-corrected chi connectivity index (χ1v) is 20.0. The van der Waals surface area contributed by atoms with Crippen LogP contribution in [0.3, 0.4) is 0 Å². The number of halogens is 3. The molecule has 2 aliphatic heterocycles. The second-order valence-electron chi connectivity index (χ2n) is 14.3. The zero-order valence-electron chi connectivity index (χ0n) is 33.2. The van der Waals surface area contributed by atoms with Crippen molar-refractivity contribution >= 4 is 45.4 Å². The molecule has 11 nitrogen and oxygen atoms in total. The molecule has 1 unspecified atom stereocenters. The Labute approximate surface area is 334 Å². The van der Waals surface area contributed by atoms with Crippen molar-refractivity contribution in [3.8, 4) is 29.9 Å². The van der Waals surface area contributed by atoms with E-state index in [9.17, 15) is 27.0 Å². The smallest absolute Gasteiger partial charge is 0.435 e. The van der Waals surface area contributed by atoms with Gasteiger partial charge in [0.2, 0.25) is 0 Å². The predicted octanol–water partition coefficient (Wildman–Crippen LogP) is 7.46. The molecule has 1 atom stereocenters. The van der Waals surface area contributed by atoms with Crippen molar-refractivity contribution in [1.29, 1.82) is 0 Å². The van der Waals surface area contributed by atoms with Gasteiger partial charge in [-0.3, -0.25) is 19.0 Å². The minimum Gasteiger partial charge on any atom is -0.497 e. The number of hydrogen-bond acceptors (Lipinski definition) is 7. The molecule has 4 aromatic rings. The summed E-state index contributed by atoms with van der Waals surface area (Å²) >= 11 is 0. The summed E-state index contributed by atoms with van der Waals surface area (Å²) in [5.74, 6) is -0.463. The predicted molar refractivity (Wildman–Crippen MR) is 216 cm³/mol. The Balaban J connectivity index is 0.00000118. The summed E-state index contributed by atoms with van der Waals surface area (Å²) in [5, 5.41) is 4.58. The SMILES string of the molecule is C#C.COC.COc1ccc2c(c1)C=C(c1c(C(=O)N3CCOCC3)c(C(F)(F)F)nn1C)Cn1c-2c(C2CCCCC2)c2ccc(C(=O)NS(=O)C(C)C)cc21. The number of aromatic nitrogens is 3. The molecule has 306 valence electrons. The average molecular weight is 810 g/mol. The third-order valence-corrected chi connectivity index (χ3v) is 11.5. The molecule has 1 N–H and O–H groups in total. The van der Waals surface area contributed by atoms with Gasteiger partial charge < -0.3 is 23.7 Å². The van der Waals surface area contributed by atoms with Gasteiger partial charge in [-0.2, -0.15) is 18.3 Å². The van der Waals surface area contributed by atoms with E-state index in [1.165, 1.54) is 11.9 Å². The molecule has 1 saturated heterocycles. The lowest BCUT2D eigenvalue weighted by atomic mass is 9.81. The summed E-state index contributed by atoms with van der Waals surface area (Å²) in [6.45, 7) is 4.36. The molecular formula is C42H50F3N5O6S. The molecule has 0 bridgehead atoms. The third kappa shape index (κ3) is 8.98. The number of methoxy groups -OCH3 is 2. The zero-order chi connectivity index (χ0) is 41.6. The summed E-state index contributed by atoms with van der Waals surface area (Å²) in [7, 11) is 4.64. The Hall–Kier alpha value is -4.91. The number of terminal acetylenes is 1. The van der Waals surface area contributed by atoms with E-state index in [2.05, 4.69) is 32.0 Å². The number of fused-ring (bicyclic) bond motifs is 5. The molecule has 3 aliphatic rings. The maximum Gasteiger partial charge on any atom is 0.435 e. The molecular weight excluding hydrogens is 760 g/mol. The zero-order valence-corrected chi connectivity index (χ0v) is 34.0. The van der Waals surface area contributed by atoms with E-state index in [1.54, 1.807) is 47.3 Å². The number of ether oxygens (including phenoxy) is 3. The van der Waals surface area contributed by atoms with Gasteiger partial charge in [0, 0.05) is 61.6 Å². The fourth-order valence-electron chi connectivity index (χ4n) is 7.81. The van der Waals surface area contributed by atoms with Gasteiger partial charge in [-0.05, 0) is 85.7 Å². The molecule has 2 amide bonds. The van der Waals surface area contributed by atoms with Gasteiger partial charge in [0.25, 0.3) is 11.8 Å². The first kappa shape index (κ1) is 43.2. The highest BCUT2D eigenvalue weighted by atomic mass is 32.2. The van der Waals surface area contributed by atoms with Crippen LogP contribution in [0.25, 0.3) is 33.8 Å². The molecule has 7 rings (SSSR count). The van der Waals surface area contributed by atoms with E-state index in [1.807, 2.05) is 30.3 Å². The molecule has 0 spiro atoms. The highest BCUT2D eigenvalue weighted by molar-refractivity contribution is 7.84. The first-order valence-electron chi connectivity index (χ1n) is 18.8. The number of benzene rings is 2. The maximum absolute atomic E-state index is 14.7. The van der Waals surface area contributed by atoms with E-state index >= 15 is 0 Å². The lowest BCUT2D eigenvalue weighted by Gasteiger charge is -2.27. The Morgan fingerprint density at radius 3 is 2.28 bits per heavy atom. The van der Waals surface area contributed by atoms with Gasteiger partial charge in [0.05, 0.1) is 43.8 Å². The number of alkyl halides is 3. The quantitative estimate of drug-likeness (QED) is 0.193. The number of amides is 2. The molecule has 2 aromatic heterocycles. The number of carbonyl (C=O) groups is 2. The summed E-state index contributed by atoms with van der Waals surface area (Å²) in [5.41, 5.74) is 3.40. The van der Waals surface area contributed by atoms with Crippen LogP contribution in [0.5, 0.6) is 5.75 Å². The molecule has 15 heteroatoms. The number of hydrogen-bond donors (Lipinski definition) is 1. The molecule has 2 fully saturated rings. The normalized spacial score (nSPS) is 16.2. The molecule has 4 heterocycles. The van der Waals surface area contributed by atoms with Gasteiger partial charge in [0.1, 0.15) is 16.7 Å². The van der Waals surface area contributed by atoms with Crippen LogP contribution in [0.2, 0.25) is 0 Å². The van der Waals surface area contributed by atoms with Crippen molar-refractivity contribution in [2.45, 2.75) is 69.8 Å². The molecule has 0 radical (unpaired) electrons. The first-order chi connectivity index (χ1) is 27.3. The lowest BCUT2D eigenvalue weighted by Crippen LogP contribution is -2.41. The highest BCUT2D eigenvalue weighted by Crippen LogP contribution is 2.48. The van der Waals surface area contributed by atoms with Crippen molar-refractivity contribution in [3.05, 3.63) is 70.0 Å². The molecule has 1 saturated carbocycles. The Morgan fingerprint density at radius 2 is 1.67 bits per heavy atom. The number of rotatable bonds is 7. The number of carbonyl (C=O) groups excluding carboxylic acids is 2. The van der Waals surface area contributed by atoms with Gasteiger partial charge in [-0.1, -0.05) is 25.3 Å². The van der Waals surface area contributed by atoms with Crippen molar-refractivity contribution in [3.63, 3.8) is 0 Å². The maximum atomic E-state index is 14.7. The summed E-state index contributed by atoms with van der Waals surface area (Å²) in [4.78, 5) is 28.9. The van der Waals surface area contributed by atoms with Crippen LogP contribution in [0.4, 0.5) is 13.2 Å². The number of aryl methyl sites for hydroxylation is 1. The topological polar surface area (TPSA) is 117 Å². The van der Waals surface area contributed by atoms with E-state index in [4.69, 9.17) is 9.47 Å². The standard InChI is InChI=1S/C38H42F3N5O5S.C2H6O.C2H2/c1-22(2)52(49)43-36(47)24-10-12-29-30(20-24)46-21-26(33-32(35(38(39,40)41)42-44(33)3)37(48)45-14-16-51-17-15-45)18-25-19-27(50-4)11-13-28(25)34(46)31(29)23-8-6-5-7-9-23;1-3-2;1-2/h10-13,18-20,22-23H,5-9,14-17,21H2,1-4H3,(H,43,47);1-2H3;1-2H. The largest absolute Gasteiger partial charge is 0.497 e. The average Bonchev–Trinajstić information content (AvgIpc) is 3.67. The van der Waals surface area contributed by atoms with E-state index in [0.717, 1.165) is 64.6 Å². The third-order valence-electron chi connectivity index (χ3n) is 10.3. The lowest BCUT2D eigenvalue weighted by molar-refractivity contribution is -0.141. The van der Waals surface area contributed by atoms with Crippen LogP contribution in [0, 0.1) is 12.8 Å². The number of morpholine rings is 1. The number of allylic oxidation sites excluding steroid dienone is 1. The molecule has 57 heavy (non-hydrogen) atoms.